The van der Waals surface area contributed by atoms with Crippen molar-refractivity contribution >= 4 is 39.4 Å². The second-order valence-electron chi connectivity index (χ2n) is 2.12. The number of hydrogen-bond acceptors (Lipinski definition) is 3. The van der Waals surface area contributed by atoms with Gasteiger partial charge in [0.25, 0.3) is 0 Å². The van der Waals surface area contributed by atoms with Crippen molar-refractivity contribution in [3.05, 3.63) is 16.1 Å². The Hall–Kier alpha value is -0.850. The molecule has 2 rings (SSSR count). The molecule has 0 aliphatic rings. The number of nitrogens with two attached hydrogens (primary N) is 1. The zero-order valence-electron chi connectivity index (χ0n) is 5.50. The van der Waals surface area contributed by atoms with Crippen LogP contribution in [0.3, 0.4) is 0 Å². The molecule has 4 nitrogen and oxygen atoms in total. The van der Waals surface area contributed by atoms with Crippen LogP contribution in [0.25, 0.3) is 11.0 Å². The van der Waals surface area contributed by atoms with E-state index in [2.05, 4.69) is 37.5 Å². The Morgan fingerprint density at radius 1 is 1.45 bits per heavy atom. The second kappa shape index (κ2) is 2.33. The summed E-state index contributed by atoms with van der Waals surface area (Å²) in [6, 6.07) is 0. The molecule has 0 atom stereocenters. The fourth-order valence-corrected chi connectivity index (χ4v) is 1.49. The second-order valence-corrected chi connectivity index (χ2v) is 3.28. The third-order valence-corrected chi connectivity index (χ3v) is 2.27. The maximum atomic E-state index is 5.58. The van der Waals surface area contributed by atoms with Gasteiger partial charge in [-0.1, -0.05) is 0 Å². The minimum Gasteiger partial charge on any atom is -0.382 e. The molecule has 0 amide bonds. The molecule has 0 spiro atoms. The molecule has 56 valence electrons. The smallest absolute Gasteiger partial charge is 0.151 e. The average Bonchev–Trinajstić information content (AvgIpc) is 2.35. The Labute approximate surface area is 76.4 Å². The van der Waals surface area contributed by atoms with Crippen LogP contribution in [0.1, 0.15) is 0 Å². The van der Waals surface area contributed by atoms with Crippen LogP contribution in [-0.4, -0.2) is 15.0 Å². The third-order valence-electron chi connectivity index (χ3n) is 1.45. The summed E-state index contributed by atoms with van der Waals surface area (Å²) in [5.74, 6) is 0.498. The van der Waals surface area contributed by atoms with E-state index in [4.69, 9.17) is 5.73 Å². The van der Waals surface area contributed by atoms with Gasteiger partial charge in [-0.15, -0.1) is 0 Å². The van der Waals surface area contributed by atoms with Crippen LogP contribution >= 0.6 is 22.6 Å². The van der Waals surface area contributed by atoms with E-state index in [-0.39, 0.29) is 0 Å². The first-order valence-electron chi connectivity index (χ1n) is 3.02. The maximum Gasteiger partial charge on any atom is 0.151 e. The highest BCUT2D eigenvalue weighted by Gasteiger charge is 2.03. The molecule has 3 N–H and O–H groups in total. The number of nitrogens with one attached hydrogen (secondary N) is 1. The normalized spacial score (nSPS) is 10.6. The number of nitrogen functional groups attached to an aromatic ring is 1. The van der Waals surface area contributed by atoms with Crippen molar-refractivity contribution in [3.63, 3.8) is 0 Å². The van der Waals surface area contributed by atoms with E-state index < -0.39 is 0 Å². The molecule has 2 heterocycles. The van der Waals surface area contributed by atoms with Gasteiger partial charge in [0.1, 0.15) is 17.4 Å². The van der Waals surface area contributed by atoms with Crippen LogP contribution in [0.5, 0.6) is 0 Å². The van der Waals surface area contributed by atoms with Crippen molar-refractivity contribution in [1.29, 1.82) is 0 Å². The Balaban J connectivity index is 2.94. The number of hydrogen-bond donors (Lipinski definition) is 2. The van der Waals surface area contributed by atoms with E-state index in [0.29, 0.717) is 5.82 Å². The van der Waals surface area contributed by atoms with Gasteiger partial charge in [0.2, 0.25) is 0 Å². The molecular weight excluding hydrogens is 255 g/mol. The van der Waals surface area contributed by atoms with Crippen LogP contribution in [-0.2, 0) is 0 Å². The Morgan fingerprint density at radius 2 is 2.27 bits per heavy atom. The molecule has 0 bridgehead atoms. The number of halogens is 1. The summed E-state index contributed by atoms with van der Waals surface area (Å²) in [6.45, 7) is 0. The van der Waals surface area contributed by atoms with Gasteiger partial charge in [0, 0.05) is 6.20 Å². The summed E-state index contributed by atoms with van der Waals surface area (Å²) in [4.78, 5) is 10.9. The molecular formula is C6H5IN4. The molecule has 0 unspecified atom stereocenters. The van der Waals surface area contributed by atoms with Crippen LogP contribution in [0.2, 0.25) is 0 Å². The lowest BCUT2D eigenvalue weighted by Crippen LogP contribution is -1.91. The zero-order chi connectivity index (χ0) is 7.84. The molecule has 11 heavy (non-hydrogen) atoms. The fourth-order valence-electron chi connectivity index (χ4n) is 0.926. The molecule has 0 saturated carbocycles. The number of H-pyrrole nitrogens is 1. The van der Waals surface area contributed by atoms with Gasteiger partial charge < -0.3 is 10.7 Å². The van der Waals surface area contributed by atoms with Crippen molar-refractivity contribution in [1.82, 2.24) is 15.0 Å². The molecule has 5 heteroatoms. The van der Waals surface area contributed by atoms with Crippen molar-refractivity contribution in [2.45, 2.75) is 0 Å². The van der Waals surface area contributed by atoms with Crippen LogP contribution < -0.4 is 5.73 Å². The van der Waals surface area contributed by atoms with Crippen molar-refractivity contribution in [2.75, 3.05) is 5.73 Å². The first-order valence-corrected chi connectivity index (χ1v) is 4.10. The zero-order valence-corrected chi connectivity index (χ0v) is 7.66. The first-order chi connectivity index (χ1) is 5.29. The molecule has 0 aromatic carbocycles. The summed E-state index contributed by atoms with van der Waals surface area (Å²) in [6.07, 6.45) is 3.32. The van der Waals surface area contributed by atoms with Crippen molar-refractivity contribution in [3.8, 4) is 0 Å². The van der Waals surface area contributed by atoms with Crippen molar-refractivity contribution < 1.29 is 0 Å². The standard InChI is InChI=1S/C6H5IN4/c7-3-1-9-5-4(3)10-2-11-6(5)8/h1-2,9H,(H2,8,10,11). The first kappa shape index (κ1) is 6.84. The molecule has 0 radical (unpaired) electrons. The number of rotatable bonds is 0. The van der Waals surface area contributed by atoms with Gasteiger partial charge in [0.15, 0.2) is 5.82 Å². The SMILES string of the molecule is Nc1ncnc2c(I)c[nH]c12. The summed E-state index contributed by atoms with van der Waals surface area (Å²) in [7, 11) is 0. The van der Waals surface area contributed by atoms with E-state index in [1.807, 2.05) is 6.20 Å². The quantitative estimate of drug-likeness (QED) is 0.698. The third kappa shape index (κ3) is 0.953. The summed E-state index contributed by atoms with van der Waals surface area (Å²) in [5, 5.41) is 0. The van der Waals surface area contributed by atoms with E-state index in [1.165, 1.54) is 6.33 Å². The Bertz CT molecular complexity index is 394. The number of aromatic nitrogens is 3. The van der Waals surface area contributed by atoms with E-state index in [0.717, 1.165) is 14.6 Å². The van der Waals surface area contributed by atoms with Crippen LogP contribution in [0.4, 0.5) is 5.82 Å². The highest BCUT2D eigenvalue weighted by Crippen LogP contribution is 2.19. The summed E-state index contributed by atoms with van der Waals surface area (Å²) < 4.78 is 1.06. The predicted molar refractivity (Wildman–Crippen MR) is 51.0 cm³/mol. The van der Waals surface area contributed by atoms with Gasteiger partial charge in [-0.3, -0.25) is 0 Å². The Morgan fingerprint density at radius 3 is 3.00 bits per heavy atom. The molecule has 0 saturated heterocycles. The van der Waals surface area contributed by atoms with Gasteiger partial charge in [0.05, 0.1) is 3.57 Å². The number of nitrogens with zero attached hydrogens (tertiary/aromatic N) is 2. The number of fused-ring (bicyclic) bond motifs is 1. The lowest BCUT2D eigenvalue weighted by atomic mass is 10.4. The van der Waals surface area contributed by atoms with Gasteiger partial charge >= 0.3 is 0 Å². The molecule has 2 aromatic heterocycles. The van der Waals surface area contributed by atoms with Gasteiger partial charge in [-0.05, 0) is 22.6 Å². The largest absolute Gasteiger partial charge is 0.382 e. The highest BCUT2D eigenvalue weighted by atomic mass is 127. The van der Waals surface area contributed by atoms with E-state index in [9.17, 15) is 0 Å². The minimum absolute atomic E-state index is 0.498. The lowest BCUT2D eigenvalue weighted by Gasteiger charge is -1.91. The topological polar surface area (TPSA) is 67.6 Å². The average molecular weight is 260 g/mol. The minimum atomic E-state index is 0.498. The van der Waals surface area contributed by atoms with E-state index in [1.54, 1.807) is 0 Å². The number of aromatic amines is 1. The monoisotopic (exact) mass is 260 g/mol. The fraction of sp³-hybridized carbons (Fsp3) is 0. The maximum absolute atomic E-state index is 5.58. The number of anilines is 1. The van der Waals surface area contributed by atoms with E-state index >= 15 is 0 Å². The van der Waals surface area contributed by atoms with Gasteiger partial charge in [-0.25, -0.2) is 9.97 Å². The Kier molecular flexibility index (Phi) is 1.45. The highest BCUT2D eigenvalue weighted by molar-refractivity contribution is 14.1. The van der Waals surface area contributed by atoms with Crippen LogP contribution in [0, 0.1) is 3.57 Å². The van der Waals surface area contributed by atoms with Crippen molar-refractivity contribution in [2.24, 2.45) is 0 Å². The van der Waals surface area contributed by atoms with Crippen LogP contribution in [0.15, 0.2) is 12.5 Å². The molecule has 0 aliphatic heterocycles. The summed E-state index contributed by atoms with van der Waals surface area (Å²) in [5.41, 5.74) is 7.29. The summed E-state index contributed by atoms with van der Waals surface area (Å²) >= 11 is 2.19. The lowest BCUT2D eigenvalue weighted by molar-refractivity contribution is 1.22. The predicted octanol–water partition coefficient (Wildman–Crippen LogP) is 1.14. The molecule has 2 aromatic rings. The molecule has 0 fully saturated rings. The van der Waals surface area contributed by atoms with Gasteiger partial charge in [-0.2, -0.15) is 0 Å². The molecule has 0 aliphatic carbocycles.